The summed E-state index contributed by atoms with van der Waals surface area (Å²) in [5, 5.41) is 13.7. The zero-order valence-corrected chi connectivity index (χ0v) is 11.0. The molecule has 16 heavy (non-hydrogen) atoms. The van der Waals surface area contributed by atoms with Gasteiger partial charge in [-0.1, -0.05) is 36.2 Å². The summed E-state index contributed by atoms with van der Waals surface area (Å²) in [4.78, 5) is 0. The average molecular weight is 262 g/mol. The molecule has 0 aliphatic rings. The van der Waals surface area contributed by atoms with E-state index in [-0.39, 0.29) is 18.7 Å². The molecule has 1 aromatic carbocycles. The third-order valence-electron chi connectivity index (χ3n) is 2.52. The number of rotatable bonds is 5. The van der Waals surface area contributed by atoms with Crippen molar-refractivity contribution in [3.05, 3.63) is 33.8 Å². The lowest BCUT2D eigenvalue weighted by atomic mass is 10.0. The maximum atomic E-state index is 9.04. The maximum Gasteiger partial charge on any atom is 0.0582 e. The van der Waals surface area contributed by atoms with Gasteiger partial charge < -0.3 is 10.4 Å². The molecule has 4 heteroatoms. The third-order valence-corrected chi connectivity index (χ3v) is 3.18. The summed E-state index contributed by atoms with van der Waals surface area (Å²) in [5.41, 5.74) is 0.911. The summed E-state index contributed by atoms with van der Waals surface area (Å²) >= 11 is 12.3. The molecule has 0 saturated carbocycles. The molecule has 0 saturated heterocycles. The van der Waals surface area contributed by atoms with Gasteiger partial charge >= 0.3 is 0 Å². The van der Waals surface area contributed by atoms with Crippen LogP contribution in [0.25, 0.3) is 0 Å². The molecule has 0 aliphatic carbocycles. The van der Waals surface area contributed by atoms with Gasteiger partial charge in [0.1, 0.15) is 0 Å². The quantitative estimate of drug-likeness (QED) is 0.852. The van der Waals surface area contributed by atoms with Crippen molar-refractivity contribution in [2.45, 2.75) is 32.4 Å². The molecule has 0 fully saturated rings. The van der Waals surface area contributed by atoms with Crippen LogP contribution < -0.4 is 5.32 Å². The molecule has 90 valence electrons. The van der Waals surface area contributed by atoms with Crippen LogP contribution in [-0.2, 0) is 0 Å². The van der Waals surface area contributed by atoms with Gasteiger partial charge in [0.2, 0.25) is 0 Å². The predicted octanol–water partition coefficient (Wildman–Crippen LogP) is 3.41. The Morgan fingerprint density at radius 2 is 1.88 bits per heavy atom. The lowest BCUT2D eigenvalue weighted by molar-refractivity contribution is 0.239. The summed E-state index contributed by atoms with van der Waals surface area (Å²) < 4.78 is 0. The van der Waals surface area contributed by atoms with E-state index in [0.29, 0.717) is 10.0 Å². The van der Waals surface area contributed by atoms with E-state index < -0.39 is 0 Å². The van der Waals surface area contributed by atoms with E-state index in [1.54, 1.807) is 0 Å². The molecule has 1 unspecified atom stereocenters. The number of hydrogen-bond acceptors (Lipinski definition) is 2. The van der Waals surface area contributed by atoms with Crippen LogP contribution in [0.1, 0.15) is 31.9 Å². The van der Waals surface area contributed by atoms with Crippen molar-refractivity contribution in [2.75, 3.05) is 6.61 Å². The maximum absolute atomic E-state index is 9.04. The summed E-state index contributed by atoms with van der Waals surface area (Å²) in [6.07, 6.45) is 0.869. The largest absolute Gasteiger partial charge is 0.395 e. The average Bonchev–Trinajstić information content (AvgIpc) is 2.27. The van der Waals surface area contributed by atoms with Gasteiger partial charge in [0.05, 0.1) is 6.61 Å². The Labute approximate surface area is 107 Å². The smallest absolute Gasteiger partial charge is 0.0582 e. The zero-order valence-electron chi connectivity index (χ0n) is 9.50. The molecule has 2 N–H and O–H groups in total. The van der Waals surface area contributed by atoms with Gasteiger partial charge in [-0.05, 0) is 25.5 Å². The number of benzene rings is 1. The molecule has 0 spiro atoms. The fourth-order valence-electron chi connectivity index (χ4n) is 1.65. The fourth-order valence-corrected chi connectivity index (χ4v) is 2.31. The molecule has 1 aromatic rings. The van der Waals surface area contributed by atoms with Crippen molar-refractivity contribution in [1.82, 2.24) is 5.32 Å². The Hall–Kier alpha value is -0.280. The second kappa shape index (κ2) is 6.45. The van der Waals surface area contributed by atoms with E-state index in [9.17, 15) is 0 Å². The van der Waals surface area contributed by atoms with Crippen LogP contribution in [0, 0.1) is 0 Å². The Balaban J connectivity index is 2.94. The molecule has 1 rings (SSSR count). The van der Waals surface area contributed by atoms with E-state index in [1.807, 2.05) is 25.1 Å². The number of aliphatic hydroxyl groups is 1. The van der Waals surface area contributed by atoms with Crippen molar-refractivity contribution in [1.29, 1.82) is 0 Å². The molecule has 0 radical (unpaired) electrons. The van der Waals surface area contributed by atoms with Gasteiger partial charge in [0, 0.05) is 27.7 Å². The highest BCUT2D eigenvalue weighted by Gasteiger charge is 2.17. The van der Waals surface area contributed by atoms with Crippen molar-refractivity contribution in [3.8, 4) is 0 Å². The van der Waals surface area contributed by atoms with Crippen molar-refractivity contribution >= 4 is 23.2 Å². The van der Waals surface area contributed by atoms with Crippen molar-refractivity contribution in [3.63, 3.8) is 0 Å². The zero-order chi connectivity index (χ0) is 12.1. The predicted molar refractivity (Wildman–Crippen MR) is 69.2 cm³/mol. The Bertz CT molecular complexity index is 324. The highest BCUT2D eigenvalue weighted by molar-refractivity contribution is 6.36. The van der Waals surface area contributed by atoms with Gasteiger partial charge in [0.15, 0.2) is 0 Å². The summed E-state index contributed by atoms with van der Waals surface area (Å²) in [6.45, 7) is 4.08. The minimum absolute atomic E-state index is 0.0253. The molecular weight excluding hydrogens is 245 g/mol. The van der Waals surface area contributed by atoms with Crippen LogP contribution in [-0.4, -0.2) is 17.8 Å². The molecule has 2 nitrogen and oxygen atoms in total. The van der Waals surface area contributed by atoms with Gasteiger partial charge in [-0.15, -0.1) is 0 Å². The van der Waals surface area contributed by atoms with Crippen LogP contribution in [0.5, 0.6) is 0 Å². The van der Waals surface area contributed by atoms with Crippen LogP contribution in [0.4, 0.5) is 0 Å². The first-order chi connectivity index (χ1) is 7.60. The minimum atomic E-state index is 0.0253. The second-order valence-corrected chi connectivity index (χ2v) is 4.66. The first-order valence-electron chi connectivity index (χ1n) is 5.41. The number of hydrogen-bond donors (Lipinski definition) is 2. The van der Waals surface area contributed by atoms with Crippen LogP contribution in [0.2, 0.25) is 10.0 Å². The highest BCUT2D eigenvalue weighted by atomic mass is 35.5. The van der Waals surface area contributed by atoms with Crippen molar-refractivity contribution in [2.24, 2.45) is 0 Å². The Morgan fingerprint density at radius 1 is 1.31 bits per heavy atom. The van der Waals surface area contributed by atoms with Gasteiger partial charge in [-0.25, -0.2) is 0 Å². The number of halogens is 2. The topological polar surface area (TPSA) is 32.3 Å². The Morgan fingerprint density at radius 3 is 2.31 bits per heavy atom. The fraction of sp³-hybridized carbons (Fsp3) is 0.500. The first-order valence-corrected chi connectivity index (χ1v) is 6.16. The van der Waals surface area contributed by atoms with E-state index in [2.05, 4.69) is 12.2 Å². The standard InChI is InChI=1S/C12H17Cl2NO/c1-3-11(15-8(2)7-16)12-9(13)5-4-6-10(12)14/h4-6,8,11,15-16H,3,7H2,1-2H3/t8-,11?/m1/s1. The molecule has 0 heterocycles. The highest BCUT2D eigenvalue weighted by Crippen LogP contribution is 2.32. The van der Waals surface area contributed by atoms with Gasteiger partial charge in [-0.3, -0.25) is 0 Å². The molecular formula is C12H17Cl2NO. The summed E-state index contributed by atoms with van der Waals surface area (Å²) in [5.74, 6) is 0. The lowest BCUT2D eigenvalue weighted by Gasteiger charge is -2.23. The normalized spacial score (nSPS) is 14.8. The molecule has 0 amide bonds. The van der Waals surface area contributed by atoms with E-state index in [4.69, 9.17) is 28.3 Å². The molecule has 0 aliphatic heterocycles. The lowest BCUT2D eigenvalue weighted by Crippen LogP contribution is -2.33. The van der Waals surface area contributed by atoms with Crippen LogP contribution in [0.3, 0.4) is 0 Å². The van der Waals surface area contributed by atoms with Gasteiger partial charge in [0.25, 0.3) is 0 Å². The first kappa shape index (κ1) is 13.8. The summed E-state index contributed by atoms with van der Waals surface area (Å²) in [6, 6.07) is 5.59. The third kappa shape index (κ3) is 3.36. The monoisotopic (exact) mass is 261 g/mol. The summed E-state index contributed by atoms with van der Waals surface area (Å²) in [7, 11) is 0. The molecule has 0 bridgehead atoms. The van der Waals surface area contributed by atoms with Crippen LogP contribution >= 0.6 is 23.2 Å². The van der Waals surface area contributed by atoms with E-state index in [1.165, 1.54) is 0 Å². The van der Waals surface area contributed by atoms with Gasteiger partial charge in [-0.2, -0.15) is 0 Å². The van der Waals surface area contributed by atoms with Crippen LogP contribution in [0.15, 0.2) is 18.2 Å². The number of nitrogens with one attached hydrogen (secondary N) is 1. The SMILES string of the molecule is CCC(N[C@H](C)CO)c1c(Cl)cccc1Cl. The minimum Gasteiger partial charge on any atom is -0.395 e. The van der Waals surface area contributed by atoms with E-state index >= 15 is 0 Å². The second-order valence-electron chi connectivity index (χ2n) is 3.85. The van der Waals surface area contributed by atoms with E-state index in [0.717, 1.165) is 12.0 Å². The van der Waals surface area contributed by atoms with Crippen molar-refractivity contribution < 1.29 is 5.11 Å². The number of aliphatic hydroxyl groups excluding tert-OH is 1. The Kier molecular flexibility index (Phi) is 5.56. The molecule has 2 atom stereocenters. The molecule has 0 aromatic heterocycles.